The number of pyridine rings is 1. The van der Waals surface area contributed by atoms with Crippen molar-refractivity contribution >= 4 is 23.5 Å². The van der Waals surface area contributed by atoms with Gasteiger partial charge in [0.05, 0.1) is 33.9 Å². The van der Waals surface area contributed by atoms with Crippen LogP contribution in [0.2, 0.25) is 0 Å². The first kappa shape index (κ1) is 22.0. The molecule has 0 aromatic carbocycles. The van der Waals surface area contributed by atoms with E-state index in [1.807, 2.05) is 36.7 Å². The van der Waals surface area contributed by atoms with Crippen molar-refractivity contribution in [2.75, 3.05) is 17.7 Å². The molecule has 0 bridgehead atoms. The van der Waals surface area contributed by atoms with Crippen LogP contribution in [-0.2, 0) is 9.53 Å². The molecule has 0 unspecified atom stereocenters. The van der Waals surface area contributed by atoms with E-state index in [-0.39, 0.29) is 34.1 Å². The van der Waals surface area contributed by atoms with Crippen molar-refractivity contribution in [3.05, 3.63) is 57.3 Å². The first-order chi connectivity index (χ1) is 15.7. The fourth-order valence-corrected chi connectivity index (χ4v) is 6.19. The summed E-state index contributed by atoms with van der Waals surface area (Å²) >= 11 is 1.45. The summed E-state index contributed by atoms with van der Waals surface area (Å²) < 4.78 is 9.52. The highest BCUT2D eigenvalue weighted by atomic mass is 32.2. The SMILES string of the molecule is Cc1nn(-c2ccccn2)c(C)c1[C@H]1SCC(=O)Nc2c1c(=O)[nH]n2[C@@H]1CCOC(C)(C)C1. The minimum absolute atomic E-state index is 0.0349. The smallest absolute Gasteiger partial charge is 0.270 e. The predicted molar refractivity (Wildman–Crippen MR) is 127 cm³/mol. The second-order valence-corrected chi connectivity index (χ2v) is 10.3. The lowest BCUT2D eigenvalue weighted by Gasteiger charge is -2.36. The molecule has 0 radical (unpaired) electrons. The molecule has 1 fully saturated rings. The van der Waals surface area contributed by atoms with Crippen LogP contribution in [0.15, 0.2) is 29.2 Å². The minimum atomic E-state index is -0.325. The number of H-pyrrole nitrogens is 1. The quantitative estimate of drug-likeness (QED) is 0.611. The molecule has 0 saturated carbocycles. The maximum atomic E-state index is 13.3. The lowest BCUT2D eigenvalue weighted by molar-refractivity contribution is -0.113. The molecule has 3 aromatic heterocycles. The molecular weight excluding hydrogens is 440 g/mol. The number of nitrogens with zero attached hydrogens (tertiary/aromatic N) is 4. The average Bonchev–Trinajstić information content (AvgIpc) is 3.18. The summed E-state index contributed by atoms with van der Waals surface area (Å²) in [6.07, 6.45) is 3.24. The molecule has 2 N–H and O–H groups in total. The van der Waals surface area contributed by atoms with E-state index in [1.165, 1.54) is 11.8 Å². The van der Waals surface area contributed by atoms with E-state index in [0.29, 0.717) is 23.8 Å². The Morgan fingerprint density at radius 3 is 2.76 bits per heavy atom. The number of aryl methyl sites for hydroxylation is 1. The highest BCUT2D eigenvalue weighted by Crippen LogP contribution is 2.44. The van der Waals surface area contributed by atoms with E-state index in [1.54, 1.807) is 10.9 Å². The molecule has 2 aliphatic rings. The molecule has 5 rings (SSSR count). The Labute approximate surface area is 195 Å². The summed E-state index contributed by atoms with van der Waals surface area (Å²) in [7, 11) is 0. The Morgan fingerprint density at radius 1 is 1.21 bits per heavy atom. The molecule has 2 atom stereocenters. The lowest BCUT2D eigenvalue weighted by atomic mass is 9.94. The molecule has 174 valence electrons. The van der Waals surface area contributed by atoms with Gasteiger partial charge in [-0.2, -0.15) is 5.10 Å². The number of aromatic amines is 1. The predicted octanol–water partition coefficient (Wildman–Crippen LogP) is 3.28. The summed E-state index contributed by atoms with van der Waals surface area (Å²) in [5, 5.41) is 10.4. The number of aromatic nitrogens is 5. The Hall–Kier alpha value is -2.85. The molecule has 33 heavy (non-hydrogen) atoms. The van der Waals surface area contributed by atoms with Crippen LogP contribution in [0.5, 0.6) is 0 Å². The van der Waals surface area contributed by atoms with Crippen LogP contribution >= 0.6 is 11.8 Å². The minimum Gasteiger partial charge on any atom is -0.375 e. The van der Waals surface area contributed by atoms with Crippen molar-refractivity contribution in [2.45, 2.75) is 57.4 Å². The van der Waals surface area contributed by atoms with Gasteiger partial charge in [0.15, 0.2) is 5.82 Å². The van der Waals surface area contributed by atoms with Gasteiger partial charge in [0.25, 0.3) is 5.56 Å². The molecule has 5 heterocycles. The van der Waals surface area contributed by atoms with Gasteiger partial charge >= 0.3 is 0 Å². The first-order valence-corrected chi connectivity index (χ1v) is 12.2. The largest absolute Gasteiger partial charge is 0.375 e. The van der Waals surface area contributed by atoms with Crippen LogP contribution < -0.4 is 10.9 Å². The third-order valence-electron chi connectivity index (χ3n) is 6.38. The van der Waals surface area contributed by atoms with Crippen molar-refractivity contribution in [3.8, 4) is 5.82 Å². The first-order valence-electron chi connectivity index (χ1n) is 11.1. The Morgan fingerprint density at radius 2 is 2.03 bits per heavy atom. The van der Waals surface area contributed by atoms with Gasteiger partial charge in [-0.3, -0.25) is 19.4 Å². The van der Waals surface area contributed by atoms with Crippen molar-refractivity contribution in [1.29, 1.82) is 0 Å². The van der Waals surface area contributed by atoms with Crippen LogP contribution in [0.4, 0.5) is 5.82 Å². The summed E-state index contributed by atoms with van der Waals surface area (Å²) in [5.41, 5.74) is 2.76. The number of amides is 1. The number of fused-ring (bicyclic) bond motifs is 1. The zero-order valence-electron chi connectivity index (χ0n) is 19.2. The number of hydrogen-bond donors (Lipinski definition) is 2. The highest BCUT2D eigenvalue weighted by Gasteiger charge is 2.37. The third kappa shape index (κ3) is 3.91. The van der Waals surface area contributed by atoms with E-state index in [4.69, 9.17) is 9.84 Å². The van der Waals surface area contributed by atoms with Gasteiger partial charge in [-0.05, 0) is 52.7 Å². The number of hydrogen-bond acceptors (Lipinski definition) is 6. The summed E-state index contributed by atoms with van der Waals surface area (Å²) in [6, 6.07) is 5.71. The van der Waals surface area contributed by atoms with Crippen molar-refractivity contribution in [3.63, 3.8) is 0 Å². The van der Waals surface area contributed by atoms with Crippen LogP contribution in [-0.4, -0.2) is 48.4 Å². The van der Waals surface area contributed by atoms with E-state index < -0.39 is 0 Å². The van der Waals surface area contributed by atoms with E-state index in [2.05, 4.69) is 29.2 Å². The normalized spacial score (nSPS) is 22.5. The molecule has 1 saturated heterocycles. The highest BCUT2D eigenvalue weighted by molar-refractivity contribution is 8.00. The van der Waals surface area contributed by atoms with Crippen LogP contribution in [0.1, 0.15) is 60.5 Å². The molecule has 10 heteroatoms. The molecule has 2 aliphatic heterocycles. The summed E-state index contributed by atoms with van der Waals surface area (Å²) in [5.74, 6) is 1.42. The maximum absolute atomic E-state index is 13.3. The molecule has 9 nitrogen and oxygen atoms in total. The molecule has 1 amide bonds. The Kier molecular flexibility index (Phi) is 5.44. The fraction of sp³-hybridized carbons (Fsp3) is 0.478. The van der Waals surface area contributed by atoms with Gasteiger partial charge in [0.2, 0.25) is 5.91 Å². The average molecular weight is 469 g/mol. The number of rotatable bonds is 3. The fourth-order valence-electron chi connectivity index (χ4n) is 4.90. The maximum Gasteiger partial charge on any atom is 0.270 e. The molecular formula is C23H28N6O3S. The van der Waals surface area contributed by atoms with E-state index >= 15 is 0 Å². The van der Waals surface area contributed by atoms with Crippen molar-refractivity contribution in [2.24, 2.45) is 0 Å². The second kappa shape index (κ2) is 8.18. The Balaban J connectivity index is 1.63. The van der Waals surface area contributed by atoms with Gasteiger partial charge in [-0.25, -0.2) is 9.67 Å². The number of carbonyl (C=O) groups is 1. The zero-order valence-corrected chi connectivity index (χ0v) is 20.0. The van der Waals surface area contributed by atoms with Gasteiger partial charge in [-0.1, -0.05) is 6.07 Å². The number of carbonyl (C=O) groups excluding carboxylic acids is 1. The lowest BCUT2D eigenvalue weighted by Crippen LogP contribution is -2.36. The molecule has 0 aliphatic carbocycles. The van der Waals surface area contributed by atoms with Crippen LogP contribution in [0.3, 0.4) is 0 Å². The van der Waals surface area contributed by atoms with Gasteiger partial charge in [-0.15, -0.1) is 11.8 Å². The van der Waals surface area contributed by atoms with Gasteiger partial charge in [0.1, 0.15) is 5.82 Å². The van der Waals surface area contributed by atoms with Crippen LogP contribution in [0.25, 0.3) is 5.82 Å². The Bertz CT molecular complexity index is 1260. The molecule has 0 spiro atoms. The summed E-state index contributed by atoms with van der Waals surface area (Å²) in [6.45, 7) is 8.63. The van der Waals surface area contributed by atoms with E-state index in [0.717, 1.165) is 29.8 Å². The number of anilines is 1. The van der Waals surface area contributed by atoms with E-state index in [9.17, 15) is 9.59 Å². The van der Waals surface area contributed by atoms with Gasteiger partial charge in [0, 0.05) is 24.1 Å². The second-order valence-electron chi connectivity index (χ2n) is 9.25. The van der Waals surface area contributed by atoms with Gasteiger partial charge < -0.3 is 10.1 Å². The molecule has 3 aromatic rings. The third-order valence-corrected chi connectivity index (χ3v) is 7.61. The monoisotopic (exact) mass is 468 g/mol. The number of nitrogens with one attached hydrogen (secondary N) is 2. The van der Waals surface area contributed by atoms with Crippen molar-refractivity contribution in [1.82, 2.24) is 24.5 Å². The zero-order chi connectivity index (χ0) is 23.3. The van der Waals surface area contributed by atoms with Crippen LogP contribution in [0, 0.1) is 13.8 Å². The van der Waals surface area contributed by atoms with Crippen molar-refractivity contribution < 1.29 is 9.53 Å². The number of thioether (sulfide) groups is 1. The topological polar surface area (TPSA) is 107 Å². The standard InChI is InChI=1S/C23H28N6O3S/c1-13-18(14(2)28(26-13)16-7-5-6-9-24-16)20-19-21(25-17(30)12-33-20)29(27-22(19)31)15-8-10-32-23(3,4)11-15/h5-7,9,15,20H,8,10-12H2,1-4H3,(H,25,30)(H,27,31)/t15-,20-/m1/s1. The summed E-state index contributed by atoms with van der Waals surface area (Å²) in [4.78, 5) is 30.4. The number of ether oxygens (including phenoxy) is 1.